The predicted molar refractivity (Wildman–Crippen MR) is 80.6 cm³/mol. The number of hydrogen-bond acceptors (Lipinski definition) is 2. The van der Waals surface area contributed by atoms with Crippen molar-refractivity contribution in [2.24, 2.45) is 0 Å². The van der Waals surface area contributed by atoms with E-state index in [1.807, 2.05) is 7.05 Å². The molecule has 19 heavy (non-hydrogen) atoms. The smallest absolute Gasteiger partial charge is 0.0528 e. The average Bonchev–Trinajstić information content (AvgIpc) is 2.61. The van der Waals surface area contributed by atoms with Crippen LogP contribution in [0.1, 0.15) is 29.2 Å². The second-order valence-corrected chi connectivity index (χ2v) is 5.12. The molecule has 0 saturated heterocycles. The van der Waals surface area contributed by atoms with Crippen molar-refractivity contribution in [3.63, 3.8) is 0 Å². The number of fused-ring (bicyclic) bond motifs is 2. The molecule has 2 nitrogen and oxygen atoms in total. The van der Waals surface area contributed by atoms with E-state index in [1.165, 1.54) is 22.4 Å². The zero-order chi connectivity index (χ0) is 13.1. The topological polar surface area (TPSA) is 24.1 Å². The van der Waals surface area contributed by atoms with E-state index in [0.29, 0.717) is 6.04 Å². The van der Waals surface area contributed by atoms with Crippen molar-refractivity contribution in [3.8, 4) is 0 Å². The van der Waals surface area contributed by atoms with E-state index in [0.717, 1.165) is 19.4 Å². The average molecular weight is 252 g/mol. The van der Waals surface area contributed by atoms with Crippen LogP contribution in [0.5, 0.6) is 0 Å². The van der Waals surface area contributed by atoms with Crippen molar-refractivity contribution < 1.29 is 0 Å². The van der Waals surface area contributed by atoms with Gasteiger partial charge in [-0.25, -0.2) is 0 Å². The summed E-state index contributed by atoms with van der Waals surface area (Å²) in [6.07, 6.45) is 2.12. The molecule has 1 atom stereocenters. The minimum Gasteiger partial charge on any atom is -0.378 e. The van der Waals surface area contributed by atoms with Gasteiger partial charge < -0.3 is 10.6 Å². The lowest BCUT2D eigenvalue weighted by atomic mass is 9.96. The van der Waals surface area contributed by atoms with Crippen molar-refractivity contribution >= 4 is 5.69 Å². The number of benzene rings is 2. The van der Waals surface area contributed by atoms with Crippen molar-refractivity contribution in [1.29, 1.82) is 0 Å². The second kappa shape index (κ2) is 5.45. The fourth-order valence-corrected chi connectivity index (χ4v) is 2.84. The highest BCUT2D eigenvalue weighted by molar-refractivity contribution is 5.57. The Morgan fingerprint density at radius 3 is 2.63 bits per heavy atom. The number of rotatable bonds is 3. The minimum absolute atomic E-state index is 0.396. The van der Waals surface area contributed by atoms with E-state index in [9.17, 15) is 0 Å². The SMILES string of the molecule is CNCCC1Nc2ccccc2Cc2ccccc21. The maximum atomic E-state index is 3.71. The van der Waals surface area contributed by atoms with Crippen LogP contribution in [0.3, 0.4) is 0 Å². The molecule has 0 saturated carbocycles. The summed E-state index contributed by atoms with van der Waals surface area (Å²) in [4.78, 5) is 0. The van der Waals surface area contributed by atoms with Gasteiger partial charge in [0.1, 0.15) is 0 Å². The second-order valence-electron chi connectivity index (χ2n) is 5.12. The zero-order valence-electron chi connectivity index (χ0n) is 11.3. The van der Waals surface area contributed by atoms with Crippen LogP contribution in [0, 0.1) is 0 Å². The Labute approximate surface area is 114 Å². The highest BCUT2D eigenvalue weighted by atomic mass is 14.9. The molecule has 1 unspecified atom stereocenters. The highest BCUT2D eigenvalue weighted by Crippen LogP contribution is 2.33. The summed E-state index contributed by atoms with van der Waals surface area (Å²) in [5.41, 5.74) is 5.55. The Balaban J connectivity index is 2.01. The standard InChI is InChI=1S/C17H20N2/c1-18-11-10-17-15-8-4-2-6-13(15)12-14-7-3-5-9-16(14)19-17/h2-9,17-19H,10-12H2,1H3. The van der Waals surface area contributed by atoms with Gasteiger partial charge in [-0.1, -0.05) is 42.5 Å². The van der Waals surface area contributed by atoms with Crippen molar-refractivity contribution in [3.05, 3.63) is 65.2 Å². The Hall–Kier alpha value is -1.80. The maximum absolute atomic E-state index is 3.71. The van der Waals surface area contributed by atoms with Gasteiger partial charge in [0.2, 0.25) is 0 Å². The van der Waals surface area contributed by atoms with E-state index in [1.54, 1.807) is 0 Å². The third-order valence-electron chi connectivity index (χ3n) is 3.84. The van der Waals surface area contributed by atoms with Gasteiger partial charge in [0.15, 0.2) is 0 Å². The van der Waals surface area contributed by atoms with Crippen LogP contribution < -0.4 is 10.6 Å². The molecule has 2 aromatic rings. The first-order valence-corrected chi connectivity index (χ1v) is 6.95. The molecular formula is C17H20N2. The molecule has 0 fully saturated rings. The van der Waals surface area contributed by atoms with Crippen LogP contribution in [0.15, 0.2) is 48.5 Å². The van der Waals surface area contributed by atoms with Crippen molar-refractivity contribution in [2.75, 3.05) is 18.9 Å². The van der Waals surface area contributed by atoms with E-state index in [-0.39, 0.29) is 0 Å². The first-order valence-electron chi connectivity index (χ1n) is 6.95. The fraction of sp³-hybridized carbons (Fsp3) is 0.294. The van der Waals surface area contributed by atoms with Gasteiger partial charge in [0.25, 0.3) is 0 Å². The van der Waals surface area contributed by atoms with Crippen LogP contribution in [0.25, 0.3) is 0 Å². The van der Waals surface area contributed by atoms with Gasteiger partial charge in [-0.3, -0.25) is 0 Å². The molecule has 1 aliphatic rings. The molecule has 0 aromatic heterocycles. The van der Waals surface area contributed by atoms with Crippen molar-refractivity contribution in [1.82, 2.24) is 5.32 Å². The number of nitrogens with one attached hydrogen (secondary N) is 2. The van der Waals surface area contributed by atoms with Gasteiger partial charge >= 0.3 is 0 Å². The molecule has 98 valence electrons. The van der Waals surface area contributed by atoms with E-state index in [2.05, 4.69) is 59.2 Å². The zero-order valence-corrected chi connectivity index (χ0v) is 11.3. The molecule has 0 amide bonds. The predicted octanol–water partition coefficient (Wildman–Crippen LogP) is 3.35. The number of anilines is 1. The largest absolute Gasteiger partial charge is 0.378 e. The first kappa shape index (κ1) is 12.2. The van der Waals surface area contributed by atoms with Gasteiger partial charge in [0.05, 0.1) is 6.04 Å². The molecule has 1 aliphatic heterocycles. The molecule has 2 aromatic carbocycles. The summed E-state index contributed by atoms with van der Waals surface area (Å²) >= 11 is 0. The highest BCUT2D eigenvalue weighted by Gasteiger charge is 2.20. The van der Waals surface area contributed by atoms with Crippen molar-refractivity contribution in [2.45, 2.75) is 18.9 Å². The van der Waals surface area contributed by atoms with Gasteiger partial charge in [-0.2, -0.15) is 0 Å². The lowest BCUT2D eigenvalue weighted by Gasteiger charge is -2.20. The summed E-state index contributed by atoms with van der Waals surface area (Å²) in [7, 11) is 2.01. The lowest BCUT2D eigenvalue weighted by molar-refractivity contribution is 0.645. The van der Waals surface area contributed by atoms with Crippen LogP contribution >= 0.6 is 0 Å². The Bertz CT molecular complexity index is 563. The van der Waals surface area contributed by atoms with Crippen LogP contribution in [0.2, 0.25) is 0 Å². The molecule has 0 spiro atoms. The maximum Gasteiger partial charge on any atom is 0.0528 e. The summed E-state index contributed by atoms with van der Waals surface area (Å²) in [6, 6.07) is 17.8. The quantitative estimate of drug-likeness (QED) is 0.875. The summed E-state index contributed by atoms with van der Waals surface area (Å²) in [6.45, 7) is 1.02. The van der Waals surface area contributed by atoms with E-state index < -0.39 is 0 Å². The van der Waals surface area contributed by atoms with Gasteiger partial charge in [-0.05, 0) is 49.2 Å². The third kappa shape index (κ3) is 2.49. The fourth-order valence-electron chi connectivity index (χ4n) is 2.84. The lowest BCUT2D eigenvalue weighted by Crippen LogP contribution is -2.18. The molecular weight excluding hydrogens is 232 g/mol. The molecule has 2 N–H and O–H groups in total. The molecule has 0 radical (unpaired) electrons. The van der Waals surface area contributed by atoms with Crippen LogP contribution in [-0.4, -0.2) is 13.6 Å². The first-order chi connectivity index (χ1) is 9.38. The Morgan fingerprint density at radius 2 is 1.79 bits per heavy atom. The molecule has 0 aliphatic carbocycles. The Kier molecular flexibility index (Phi) is 3.51. The van der Waals surface area contributed by atoms with E-state index in [4.69, 9.17) is 0 Å². The molecule has 0 bridgehead atoms. The minimum atomic E-state index is 0.396. The van der Waals surface area contributed by atoms with Crippen LogP contribution in [-0.2, 0) is 6.42 Å². The number of para-hydroxylation sites is 1. The summed E-state index contributed by atoms with van der Waals surface area (Å²) < 4.78 is 0. The van der Waals surface area contributed by atoms with E-state index >= 15 is 0 Å². The van der Waals surface area contributed by atoms with Gasteiger partial charge in [-0.15, -0.1) is 0 Å². The molecule has 1 heterocycles. The van der Waals surface area contributed by atoms with Crippen LogP contribution in [0.4, 0.5) is 5.69 Å². The summed E-state index contributed by atoms with van der Waals surface area (Å²) in [5.74, 6) is 0. The Morgan fingerprint density at radius 1 is 1.05 bits per heavy atom. The monoisotopic (exact) mass is 252 g/mol. The molecule has 2 heteroatoms. The summed E-state index contributed by atoms with van der Waals surface area (Å²) in [5, 5.41) is 6.96. The van der Waals surface area contributed by atoms with Gasteiger partial charge in [0, 0.05) is 5.69 Å². The third-order valence-corrected chi connectivity index (χ3v) is 3.84. The number of hydrogen-bond donors (Lipinski definition) is 2. The normalized spacial score (nSPS) is 17.0. The molecule has 3 rings (SSSR count).